The highest BCUT2D eigenvalue weighted by Gasteiger charge is 2.30. The minimum Gasteiger partial charge on any atom is -0.433 e. The van der Waals surface area contributed by atoms with Crippen molar-refractivity contribution < 1.29 is 27.5 Å². The molecule has 1 aromatic carbocycles. The zero-order chi connectivity index (χ0) is 19.4. The van der Waals surface area contributed by atoms with E-state index in [-0.39, 0.29) is 23.2 Å². The maximum Gasteiger partial charge on any atom is 0.387 e. The number of ether oxygens (including phenoxy) is 1. The lowest BCUT2D eigenvalue weighted by atomic mass is 10.2. The van der Waals surface area contributed by atoms with Crippen molar-refractivity contribution in [3.8, 4) is 5.75 Å². The molecule has 0 radical (unpaired) electrons. The zero-order valence-electron chi connectivity index (χ0n) is 14.0. The predicted molar refractivity (Wildman–Crippen MR) is 93.8 cm³/mol. The van der Waals surface area contributed by atoms with Crippen LogP contribution < -0.4 is 15.4 Å². The zero-order valence-corrected chi connectivity index (χ0v) is 14.8. The SMILES string of the molecule is O=C(Nc1ccc(F)cc1)NC1CCN(C(=O)c2sccc2OC(F)F)C1. The molecule has 1 saturated heterocycles. The molecule has 1 unspecified atom stereocenters. The first-order chi connectivity index (χ1) is 12.9. The third kappa shape index (κ3) is 4.91. The van der Waals surface area contributed by atoms with Crippen LogP contribution in [0.3, 0.4) is 0 Å². The van der Waals surface area contributed by atoms with Gasteiger partial charge in [-0.2, -0.15) is 8.78 Å². The summed E-state index contributed by atoms with van der Waals surface area (Å²) in [6.45, 7) is -2.37. The first-order valence-electron chi connectivity index (χ1n) is 8.07. The van der Waals surface area contributed by atoms with E-state index in [1.165, 1.54) is 40.6 Å². The van der Waals surface area contributed by atoms with E-state index in [1.807, 2.05) is 0 Å². The monoisotopic (exact) mass is 399 g/mol. The highest BCUT2D eigenvalue weighted by atomic mass is 32.1. The van der Waals surface area contributed by atoms with Gasteiger partial charge in [0.25, 0.3) is 5.91 Å². The van der Waals surface area contributed by atoms with Crippen LogP contribution in [0.25, 0.3) is 0 Å². The Morgan fingerprint density at radius 1 is 1.22 bits per heavy atom. The van der Waals surface area contributed by atoms with Crippen molar-refractivity contribution in [3.63, 3.8) is 0 Å². The summed E-state index contributed by atoms with van der Waals surface area (Å²) < 4.78 is 42.0. The van der Waals surface area contributed by atoms with E-state index < -0.39 is 24.4 Å². The molecule has 1 aliphatic heterocycles. The van der Waals surface area contributed by atoms with Crippen LogP contribution in [0, 0.1) is 5.82 Å². The number of amides is 3. The first kappa shape index (κ1) is 19.0. The topological polar surface area (TPSA) is 70.7 Å². The Bertz CT molecular complexity index is 813. The second-order valence-electron chi connectivity index (χ2n) is 5.83. The van der Waals surface area contributed by atoms with E-state index in [2.05, 4.69) is 15.4 Å². The number of hydrogen-bond acceptors (Lipinski definition) is 4. The third-order valence-corrected chi connectivity index (χ3v) is 4.84. The molecule has 0 saturated carbocycles. The van der Waals surface area contributed by atoms with Crippen LogP contribution in [-0.4, -0.2) is 42.6 Å². The number of likely N-dealkylation sites (tertiary alicyclic amines) is 1. The van der Waals surface area contributed by atoms with Gasteiger partial charge in [0.1, 0.15) is 16.4 Å². The second-order valence-corrected chi connectivity index (χ2v) is 6.75. The number of thiophene rings is 1. The number of urea groups is 1. The van der Waals surface area contributed by atoms with Crippen molar-refractivity contribution in [1.82, 2.24) is 10.2 Å². The number of carbonyl (C=O) groups is 2. The largest absolute Gasteiger partial charge is 0.433 e. The Hall–Kier alpha value is -2.75. The molecule has 0 aliphatic carbocycles. The molecule has 0 spiro atoms. The number of nitrogens with one attached hydrogen (secondary N) is 2. The number of alkyl halides is 2. The molecule has 2 N–H and O–H groups in total. The summed E-state index contributed by atoms with van der Waals surface area (Å²) >= 11 is 1.02. The maximum atomic E-state index is 12.9. The molecule has 2 heterocycles. The van der Waals surface area contributed by atoms with E-state index >= 15 is 0 Å². The fourth-order valence-electron chi connectivity index (χ4n) is 2.73. The van der Waals surface area contributed by atoms with Crippen molar-refractivity contribution in [3.05, 3.63) is 46.4 Å². The van der Waals surface area contributed by atoms with E-state index in [0.717, 1.165) is 11.3 Å². The number of hydrogen-bond donors (Lipinski definition) is 2. The Kier molecular flexibility index (Phi) is 5.84. The third-order valence-electron chi connectivity index (χ3n) is 3.95. The van der Waals surface area contributed by atoms with Gasteiger partial charge < -0.3 is 20.3 Å². The van der Waals surface area contributed by atoms with Crippen LogP contribution >= 0.6 is 11.3 Å². The molecule has 1 atom stereocenters. The number of carbonyl (C=O) groups excluding carboxylic acids is 2. The normalized spacial score (nSPS) is 16.4. The van der Waals surface area contributed by atoms with Crippen LogP contribution in [0.15, 0.2) is 35.7 Å². The summed E-state index contributed by atoms with van der Waals surface area (Å²) in [7, 11) is 0. The highest BCUT2D eigenvalue weighted by molar-refractivity contribution is 7.12. The quantitative estimate of drug-likeness (QED) is 0.808. The van der Waals surface area contributed by atoms with Crippen molar-refractivity contribution >= 4 is 29.0 Å². The lowest BCUT2D eigenvalue weighted by molar-refractivity contribution is -0.0499. The van der Waals surface area contributed by atoms with E-state index in [0.29, 0.717) is 18.7 Å². The van der Waals surface area contributed by atoms with E-state index in [1.54, 1.807) is 0 Å². The number of nitrogens with zero attached hydrogens (tertiary/aromatic N) is 1. The van der Waals surface area contributed by atoms with E-state index in [9.17, 15) is 22.8 Å². The van der Waals surface area contributed by atoms with Gasteiger partial charge in [-0.05, 0) is 42.1 Å². The summed E-state index contributed by atoms with van der Waals surface area (Å²) in [4.78, 5) is 26.1. The lowest BCUT2D eigenvalue weighted by Gasteiger charge is -2.17. The number of halogens is 3. The molecule has 144 valence electrons. The van der Waals surface area contributed by atoms with Gasteiger partial charge in [-0.15, -0.1) is 11.3 Å². The van der Waals surface area contributed by atoms with Crippen molar-refractivity contribution in [2.24, 2.45) is 0 Å². The van der Waals surface area contributed by atoms with Gasteiger partial charge in [0.2, 0.25) is 0 Å². The van der Waals surface area contributed by atoms with Gasteiger partial charge in [0.15, 0.2) is 0 Å². The summed E-state index contributed by atoms with van der Waals surface area (Å²) in [5, 5.41) is 6.82. The fraction of sp³-hybridized carbons (Fsp3) is 0.294. The van der Waals surface area contributed by atoms with Gasteiger partial charge in [-0.1, -0.05) is 0 Å². The standard InChI is InChI=1S/C17H16F3N3O3S/c18-10-1-3-11(4-2-10)21-17(25)22-12-5-7-23(9-12)15(24)14-13(6-8-27-14)26-16(19)20/h1-4,6,8,12,16H,5,7,9H2,(H2,21,22,25). The van der Waals surface area contributed by atoms with Crippen LogP contribution in [0.5, 0.6) is 5.75 Å². The Labute approximate surface area is 156 Å². The number of rotatable bonds is 5. The molecule has 1 aliphatic rings. The smallest absolute Gasteiger partial charge is 0.387 e. The molecule has 2 aromatic rings. The number of benzene rings is 1. The Morgan fingerprint density at radius 2 is 1.96 bits per heavy atom. The van der Waals surface area contributed by atoms with Crippen molar-refractivity contribution in [1.29, 1.82) is 0 Å². The average Bonchev–Trinajstić information content (AvgIpc) is 3.25. The van der Waals surface area contributed by atoms with Crippen molar-refractivity contribution in [2.75, 3.05) is 18.4 Å². The number of anilines is 1. The summed E-state index contributed by atoms with van der Waals surface area (Å²) in [5.41, 5.74) is 0.437. The van der Waals surface area contributed by atoms with Gasteiger partial charge in [0, 0.05) is 24.8 Å². The lowest BCUT2D eigenvalue weighted by Crippen LogP contribution is -2.40. The maximum absolute atomic E-state index is 12.9. The first-order valence-corrected chi connectivity index (χ1v) is 8.95. The highest BCUT2D eigenvalue weighted by Crippen LogP contribution is 2.29. The minimum absolute atomic E-state index is 0.103. The molecule has 0 bridgehead atoms. The molecule has 6 nitrogen and oxygen atoms in total. The molecule has 3 amide bonds. The molecular weight excluding hydrogens is 383 g/mol. The minimum atomic E-state index is -3.01. The van der Waals surface area contributed by atoms with Crippen molar-refractivity contribution in [2.45, 2.75) is 19.1 Å². The van der Waals surface area contributed by atoms with Crippen LogP contribution in [-0.2, 0) is 0 Å². The Morgan fingerprint density at radius 3 is 2.67 bits per heavy atom. The molecule has 10 heteroatoms. The molecule has 3 rings (SSSR count). The Balaban J connectivity index is 1.54. The van der Waals surface area contributed by atoms with Gasteiger partial charge in [0.05, 0.1) is 0 Å². The predicted octanol–water partition coefficient (Wildman–Crippen LogP) is 3.52. The van der Waals surface area contributed by atoms with Crippen LogP contribution in [0.1, 0.15) is 16.1 Å². The molecule has 1 fully saturated rings. The summed E-state index contributed by atoms with van der Waals surface area (Å²) in [6, 6.07) is 5.89. The summed E-state index contributed by atoms with van der Waals surface area (Å²) in [5.74, 6) is -0.968. The molecule has 1 aromatic heterocycles. The molecule has 27 heavy (non-hydrogen) atoms. The van der Waals surface area contributed by atoms with E-state index in [4.69, 9.17) is 0 Å². The van der Waals surface area contributed by atoms with Gasteiger partial charge >= 0.3 is 12.6 Å². The molecular formula is C17H16F3N3O3S. The fourth-order valence-corrected chi connectivity index (χ4v) is 3.52. The van der Waals surface area contributed by atoms with Gasteiger partial charge in [-0.25, -0.2) is 9.18 Å². The second kappa shape index (κ2) is 8.30. The van der Waals surface area contributed by atoms with Crippen LogP contribution in [0.4, 0.5) is 23.7 Å². The van der Waals surface area contributed by atoms with Gasteiger partial charge in [-0.3, -0.25) is 4.79 Å². The average molecular weight is 399 g/mol. The summed E-state index contributed by atoms with van der Waals surface area (Å²) in [6.07, 6.45) is 0.527. The van der Waals surface area contributed by atoms with Crippen LogP contribution in [0.2, 0.25) is 0 Å².